The van der Waals surface area contributed by atoms with Gasteiger partial charge in [-0.3, -0.25) is 5.32 Å². The fourth-order valence-electron chi connectivity index (χ4n) is 9.47. The summed E-state index contributed by atoms with van der Waals surface area (Å²) in [5.41, 5.74) is 6.22. The minimum absolute atomic E-state index is 0.178. The first kappa shape index (κ1) is 66.0. The van der Waals surface area contributed by atoms with Gasteiger partial charge in [0.25, 0.3) is 0 Å². The molecule has 0 aliphatic rings. The predicted octanol–water partition coefficient (Wildman–Crippen LogP) is 19.9. The third-order valence-electron chi connectivity index (χ3n) is 13.9. The van der Waals surface area contributed by atoms with E-state index in [2.05, 4.69) is 33.0 Å². The molecule has 0 aliphatic heterocycles. The number of hydrogen-bond donors (Lipinski definition) is 2. The lowest BCUT2D eigenvalue weighted by molar-refractivity contribution is -0.0673. The van der Waals surface area contributed by atoms with Crippen LogP contribution < -0.4 is 11.1 Å². The maximum atomic E-state index is 6.77. The van der Waals surface area contributed by atoms with Crippen molar-refractivity contribution in [2.75, 3.05) is 19.8 Å². The van der Waals surface area contributed by atoms with E-state index in [1.807, 2.05) is 6.92 Å². The molecule has 0 fully saturated rings. The molecule has 0 heterocycles. The molecule has 0 amide bonds. The Morgan fingerprint density at radius 3 is 0.652 bits per heavy atom. The van der Waals surface area contributed by atoms with Crippen LogP contribution in [-0.2, 0) is 17.7 Å². The molecule has 0 saturated carbocycles. The fourth-order valence-corrected chi connectivity index (χ4v) is 11.7. The lowest BCUT2D eigenvalue weighted by Crippen LogP contribution is -2.56. The van der Waals surface area contributed by atoms with Gasteiger partial charge in [-0.25, -0.2) is 0 Å². The maximum absolute atomic E-state index is 6.77. The minimum atomic E-state index is -3.39. The molecule has 0 bridgehead atoms. The molecule has 0 rings (SSSR count). The van der Waals surface area contributed by atoms with E-state index in [9.17, 15) is 0 Å². The van der Waals surface area contributed by atoms with Gasteiger partial charge in [-0.05, 0) is 32.6 Å². The number of rotatable bonds is 59. The van der Waals surface area contributed by atoms with E-state index in [1.54, 1.807) is 0 Å². The van der Waals surface area contributed by atoms with Gasteiger partial charge in [0, 0.05) is 19.8 Å². The highest BCUT2D eigenvalue weighted by molar-refractivity contribution is 6.53. The van der Waals surface area contributed by atoms with Gasteiger partial charge in [0.05, 0.1) is 6.17 Å². The summed E-state index contributed by atoms with van der Waals surface area (Å²) in [7, 11) is -3.39. The van der Waals surface area contributed by atoms with Crippen LogP contribution in [0.1, 0.15) is 349 Å². The van der Waals surface area contributed by atoms with Gasteiger partial charge in [-0.1, -0.05) is 317 Å². The standard InChI is InChI=1S/C59H124N2O4Si/c1-6-10-13-16-19-22-25-28-31-34-37-40-43-46-49-52-55-62-66(65-59(9-4)61-58(5)60,63-56-53-50-47-44-41-38-35-32-29-26-23-20-17-14-11-7-2)64-57-54-51-48-45-42-39-36-33-30-27-24-21-18-15-12-8-3/h58-59,61H,6-57,60H2,1-5H3. The molecule has 0 radical (unpaired) electrons. The first-order valence-electron chi connectivity index (χ1n) is 30.6. The first-order chi connectivity index (χ1) is 32.5. The molecule has 6 nitrogen and oxygen atoms in total. The van der Waals surface area contributed by atoms with Crippen LogP contribution >= 0.6 is 0 Å². The van der Waals surface area contributed by atoms with Crippen LogP contribution in [0, 0.1) is 0 Å². The smallest absolute Gasteiger partial charge is 0.351 e. The second kappa shape index (κ2) is 55.9. The molecular weight excluding hydrogens is 829 g/mol. The Hall–Kier alpha value is -0.0231. The summed E-state index contributed by atoms with van der Waals surface area (Å²) < 4.78 is 26.9. The van der Waals surface area contributed by atoms with Gasteiger partial charge in [0.15, 0.2) is 0 Å². The Balaban J connectivity index is 4.77. The van der Waals surface area contributed by atoms with Crippen molar-refractivity contribution in [1.82, 2.24) is 5.32 Å². The molecule has 2 unspecified atom stereocenters. The molecule has 0 aromatic carbocycles. The zero-order valence-electron chi connectivity index (χ0n) is 46.1. The first-order valence-corrected chi connectivity index (χ1v) is 32.3. The average molecular weight is 954 g/mol. The number of nitrogens with two attached hydrogens (primary N) is 1. The zero-order valence-corrected chi connectivity index (χ0v) is 47.1. The van der Waals surface area contributed by atoms with Gasteiger partial charge in [0.2, 0.25) is 0 Å². The summed E-state index contributed by atoms with van der Waals surface area (Å²) in [5, 5.41) is 3.41. The summed E-state index contributed by atoms with van der Waals surface area (Å²) >= 11 is 0. The molecule has 0 aromatic heterocycles. The average Bonchev–Trinajstić information content (AvgIpc) is 3.31. The van der Waals surface area contributed by atoms with Crippen molar-refractivity contribution in [2.45, 2.75) is 362 Å². The zero-order chi connectivity index (χ0) is 48.0. The Labute approximate surface area is 417 Å². The molecule has 2 atom stereocenters. The lowest BCUT2D eigenvalue weighted by atomic mass is 10.0. The Kier molecular flexibility index (Phi) is 55.9. The van der Waals surface area contributed by atoms with Crippen molar-refractivity contribution in [3.8, 4) is 0 Å². The summed E-state index contributed by atoms with van der Waals surface area (Å²) in [6.07, 6.45) is 65.8. The third kappa shape index (κ3) is 50.4. The molecule has 66 heavy (non-hydrogen) atoms. The van der Waals surface area contributed by atoms with E-state index in [0.717, 1.165) is 25.7 Å². The number of hydrogen-bond acceptors (Lipinski definition) is 6. The van der Waals surface area contributed by atoms with Crippen molar-refractivity contribution in [3.63, 3.8) is 0 Å². The highest BCUT2D eigenvalue weighted by Gasteiger charge is 2.47. The van der Waals surface area contributed by atoms with Crippen LogP contribution in [0.4, 0.5) is 0 Å². The fraction of sp³-hybridized carbons (Fsp3) is 1.00. The summed E-state index contributed by atoms with van der Waals surface area (Å²) in [4.78, 5) is 0. The van der Waals surface area contributed by atoms with Crippen LogP contribution in [-0.4, -0.2) is 41.3 Å². The highest BCUT2D eigenvalue weighted by Crippen LogP contribution is 2.21. The molecule has 398 valence electrons. The third-order valence-corrected chi connectivity index (χ3v) is 16.2. The molecular formula is C59H124N2O4Si. The van der Waals surface area contributed by atoms with E-state index in [1.165, 1.54) is 289 Å². The van der Waals surface area contributed by atoms with E-state index in [-0.39, 0.29) is 12.4 Å². The van der Waals surface area contributed by atoms with Crippen LogP contribution in [0.2, 0.25) is 0 Å². The summed E-state index contributed by atoms with van der Waals surface area (Å²) in [5.74, 6) is 0. The number of unbranched alkanes of at least 4 members (excludes halogenated alkanes) is 45. The van der Waals surface area contributed by atoms with Gasteiger partial charge in [-0.2, -0.15) is 0 Å². The normalized spacial score (nSPS) is 13.0. The molecule has 0 saturated heterocycles. The van der Waals surface area contributed by atoms with E-state index in [0.29, 0.717) is 19.8 Å². The topological polar surface area (TPSA) is 75.0 Å². The van der Waals surface area contributed by atoms with Gasteiger partial charge >= 0.3 is 9.05 Å². The maximum Gasteiger partial charge on any atom is 0.680 e. The van der Waals surface area contributed by atoms with E-state index in [4.69, 9.17) is 23.4 Å². The predicted molar refractivity (Wildman–Crippen MR) is 294 cm³/mol. The second-order valence-electron chi connectivity index (χ2n) is 20.9. The van der Waals surface area contributed by atoms with Crippen LogP contribution in [0.25, 0.3) is 0 Å². The molecule has 0 aliphatic carbocycles. The quantitative estimate of drug-likeness (QED) is 0.0359. The van der Waals surface area contributed by atoms with E-state index < -0.39 is 9.05 Å². The van der Waals surface area contributed by atoms with Gasteiger partial charge in [0.1, 0.15) is 6.23 Å². The van der Waals surface area contributed by atoms with Crippen molar-refractivity contribution in [1.29, 1.82) is 0 Å². The lowest BCUT2D eigenvalue weighted by Gasteiger charge is -2.33. The number of nitrogens with one attached hydrogen (secondary N) is 1. The van der Waals surface area contributed by atoms with Crippen LogP contribution in [0.5, 0.6) is 0 Å². The summed E-state index contributed by atoms with van der Waals surface area (Å²) in [6.45, 7) is 12.9. The Bertz CT molecular complexity index is 788. The molecule has 0 spiro atoms. The molecule has 0 aromatic rings. The monoisotopic (exact) mass is 953 g/mol. The minimum Gasteiger partial charge on any atom is -0.351 e. The van der Waals surface area contributed by atoms with Crippen LogP contribution in [0.3, 0.4) is 0 Å². The summed E-state index contributed by atoms with van der Waals surface area (Å²) in [6, 6.07) is 0. The van der Waals surface area contributed by atoms with E-state index >= 15 is 0 Å². The largest absolute Gasteiger partial charge is 0.680 e. The van der Waals surface area contributed by atoms with Gasteiger partial charge in [-0.15, -0.1) is 0 Å². The van der Waals surface area contributed by atoms with Crippen molar-refractivity contribution in [3.05, 3.63) is 0 Å². The van der Waals surface area contributed by atoms with Crippen molar-refractivity contribution in [2.24, 2.45) is 5.73 Å². The SMILES string of the molecule is CCCCCCCCCCCCCCCCCCO[Si](OCCCCCCCCCCCCCCCCCC)(OCCCCCCCCCCCCCCCCCC)OC(CC)NC(C)N. The van der Waals surface area contributed by atoms with Crippen molar-refractivity contribution < 1.29 is 17.7 Å². The molecule has 7 heteroatoms. The Morgan fingerprint density at radius 1 is 0.303 bits per heavy atom. The Morgan fingerprint density at radius 2 is 0.485 bits per heavy atom. The molecule has 3 N–H and O–H groups in total. The van der Waals surface area contributed by atoms with Crippen molar-refractivity contribution >= 4 is 9.05 Å². The second-order valence-corrected chi connectivity index (χ2v) is 23.0. The van der Waals surface area contributed by atoms with Gasteiger partial charge < -0.3 is 23.4 Å². The highest BCUT2D eigenvalue weighted by atomic mass is 28.4. The van der Waals surface area contributed by atoms with Crippen LogP contribution in [0.15, 0.2) is 0 Å².